The van der Waals surface area contributed by atoms with Crippen molar-refractivity contribution in [2.24, 2.45) is 10.9 Å². The first-order valence-corrected chi connectivity index (χ1v) is 13.3. The molecule has 0 bridgehead atoms. The minimum Gasteiger partial charge on any atom is -0.369 e. The van der Waals surface area contributed by atoms with Crippen molar-refractivity contribution in [2.75, 3.05) is 43.9 Å². The molecule has 0 spiro atoms. The maximum atomic E-state index is 5.15. The number of halogens is 1. The molecule has 184 valence electrons. The lowest BCUT2D eigenvalue weighted by atomic mass is 9.90. The first kappa shape index (κ1) is 25.4. The van der Waals surface area contributed by atoms with Crippen molar-refractivity contribution in [3.63, 3.8) is 0 Å². The van der Waals surface area contributed by atoms with E-state index >= 15 is 0 Å². The Bertz CT molecular complexity index is 1130. The summed E-state index contributed by atoms with van der Waals surface area (Å²) in [6.45, 7) is 4.94. The third-order valence-electron chi connectivity index (χ3n) is 6.59. The molecule has 1 aliphatic carbocycles. The molecule has 1 aromatic heterocycles. The van der Waals surface area contributed by atoms with Gasteiger partial charge >= 0.3 is 0 Å². The summed E-state index contributed by atoms with van der Waals surface area (Å²) in [4.78, 5) is 12.3. The van der Waals surface area contributed by atoms with Gasteiger partial charge in [-0.3, -0.25) is 0 Å². The molecule has 2 aromatic rings. The number of nitrogens with one attached hydrogen (secondary N) is 2. The average molecular weight is 535 g/mol. The minimum absolute atomic E-state index is 0.715. The average Bonchev–Trinajstić information content (AvgIpc) is 3.10. The second kappa shape index (κ2) is 12.3. The molecule has 0 amide bonds. The Kier molecular flexibility index (Phi) is 8.94. The summed E-state index contributed by atoms with van der Waals surface area (Å²) in [5.41, 5.74) is 7.23. The van der Waals surface area contributed by atoms with E-state index in [0.717, 1.165) is 47.1 Å². The van der Waals surface area contributed by atoms with Crippen LogP contribution in [0.25, 0.3) is 0 Å². The number of benzene rings is 1. The van der Waals surface area contributed by atoms with Crippen LogP contribution < -0.4 is 15.5 Å². The molecule has 2 N–H and O–H groups in total. The molecule has 3 aliphatic rings. The normalized spacial score (nSPS) is 17.7. The zero-order valence-electron chi connectivity index (χ0n) is 21.0. The summed E-state index contributed by atoms with van der Waals surface area (Å²) in [7, 11) is 3.75. The van der Waals surface area contributed by atoms with Gasteiger partial charge in [0.05, 0.1) is 22.4 Å². The zero-order valence-corrected chi connectivity index (χ0v) is 22.6. The summed E-state index contributed by atoms with van der Waals surface area (Å²) in [5.74, 6) is 1.62. The van der Waals surface area contributed by atoms with E-state index in [1.54, 1.807) is 0 Å². The molecule has 5 nitrogen and oxygen atoms in total. The fourth-order valence-electron chi connectivity index (χ4n) is 4.78. The monoisotopic (exact) mass is 533 g/mol. The van der Waals surface area contributed by atoms with Gasteiger partial charge in [-0.25, -0.2) is 9.98 Å². The Balaban J connectivity index is 0.000000917. The van der Waals surface area contributed by atoms with Crippen molar-refractivity contribution in [1.29, 1.82) is 0 Å². The van der Waals surface area contributed by atoms with E-state index in [1.165, 1.54) is 41.7 Å². The molecule has 6 heteroatoms. The maximum Gasteiger partial charge on any atom is 0.154 e. The van der Waals surface area contributed by atoms with Crippen molar-refractivity contribution in [3.05, 3.63) is 82.0 Å². The van der Waals surface area contributed by atoms with Crippen LogP contribution >= 0.6 is 15.9 Å². The SMILES string of the molecule is CC1=CC=C(C2=Nc3c(ncc(Br)c3N3CCC(Cc4ccccc4)CC3)NC2)CC=C1.CNC. The van der Waals surface area contributed by atoms with Gasteiger partial charge in [-0.1, -0.05) is 60.2 Å². The number of piperidine rings is 1. The highest BCUT2D eigenvalue weighted by molar-refractivity contribution is 9.10. The van der Waals surface area contributed by atoms with Gasteiger partial charge in [-0.05, 0) is 79.7 Å². The third kappa shape index (κ3) is 6.50. The Morgan fingerprint density at radius 3 is 2.60 bits per heavy atom. The highest BCUT2D eigenvalue weighted by Gasteiger charge is 2.27. The summed E-state index contributed by atoms with van der Waals surface area (Å²) in [6, 6.07) is 10.9. The highest BCUT2D eigenvalue weighted by Crippen LogP contribution is 2.43. The molecule has 0 unspecified atom stereocenters. The predicted molar refractivity (Wildman–Crippen MR) is 153 cm³/mol. The second-order valence-electron chi connectivity index (χ2n) is 9.39. The van der Waals surface area contributed by atoms with Gasteiger partial charge in [0.15, 0.2) is 5.82 Å². The smallest absolute Gasteiger partial charge is 0.154 e. The summed E-state index contributed by atoms with van der Waals surface area (Å²) in [5, 5.41) is 6.26. The van der Waals surface area contributed by atoms with Crippen LogP contribution in [0.3, 0.4) is 0 Å². The Hall–Kier alpha value is -2.70. The zero-order chi connectivity index (χ0) is 24.6. The molecule has 0 saturated carbocycles. The van der Waals surface area contributed by atoms with E-state index in [9.17, 15) is 0 Å². The number of fused-ring (bicyclic) bond motifs is 1. The Labute approximate surface area is 218 Å². The standard InChI is InChI=1S/C27H29BrN4.C2H7N/c1-19-6-5-9-22(11-10-19)24-18-30-27-25(31-24)26(23(28)17-29-27)32-14-12-21(13-15-32)16-20-7-3-2-4-8-20;1-3-2/h2-8,10-11,17,21H,9,12-16,18H2,1H3,(H,29,30);3H,1-2H3. The van der Waals surface area contributed by atoms with Crippen LogP contribution in [-0.2, 0) is 6.42 Å². The molecular weight excluding hydrogens is 498 g/mol. The van der Waals surface area contributed by atoms with Crippen molar-refractivity contribution in [2.45, 2.75) is 32.6 Å². The van der Waals surface area contributed by atoms with Gasteiger partial charge in [-0.2, -0.15) is 0 Å². The first-order chi connectivity index (χ1) is 17.1. The summed E-state index contributed by atoms with van der Waals surface area (Å²) < 4.78 is 1.02. The lowest BCUT2D eigenvalue weighted by Crippen LogP contribution is -2.35. The number of rotatable bonds is 4. The molecule has 1 aromatic carbocycles. The number of anilines is 2. The molecule has 5 rings (SSSR count). The number of hydrogen-bond acceptors (Lipinski definition) is 5. The lowest BCUT2D eigenvalue weighted by Gasteiger charge is -2.35. The van der Waals surface area contributed by atoms with E-state index in [2.05, 4.69) is 98.0 Å². The van der Waals surface area contributed by atoms with Crippen LogP contribution in [0, 0.1) is 5.92 Å². The summed E-state index contributed by atoms with van der Waals surface area (Å²) in [6.07, 6.45) is 15.2. The van der Waals surface area contributed by atoms with Crippen molar-refractivity contribution in [1.82, 2.24) is 10.3 Å². The van der Waals surface area contributed by atoms with Gasteiger partial charge in [-0.15, -0.1) is 0 Å². The Morgan fingerprint density at radius 2 is 1.86 bits per heavy atom. The fourth-order valence-corrected chi connectivity index (χ4v) is 5.32. The molecule has 35 heavy (non-hydrogen) atoms. The van der Waals surface area contributed by atoms with E-state index < -0.39 is 0 Å². The van der Waals surface area contributed by atoms with Crippen LogP contribution in [0.1, 0.15) is 31.7 Å². The number of nitrogens with zero attached hydrogens (tertiary/aromatic N) is 3. The minimum atomic E-state index is 0.715. The number of allylic oxidation sites excluding steroid dienone is 5. The van der Waals surface area contributed by atoms with E-state index in [0.29, 0.717) is 6.54 Å². The van der Waals surface area contributed by atoms with Gasteiger partial charge < -0.3 is 15.5 Å². The number of aromatic nitrogens is 1. The van der Waals surface area contributed by atoms with Crippen LogP contribution in [0.5, 0.6) is 0 Å². The number of hydrogen-bond donors (Lipinski definition) is 2. The van der Waals surface area contributed by atoms with Gasteiger partial charge in [0.2, 0.25) is 0 Å². The highest BCUT2D eigenvalue weighted by atomic mass is 79.9. The van der Waals surface area contributed by atoms with Crippen molar-refractivity contribution in [3.8, 4) is 0 Å². The van der Waals surface area contributed by atoms with Gasteiger partial charge in [0, 0.05) is 19.3 Å². The largest absolute Gasteiger partial charge is 0.369 e. The topological polar surface area (TPSA) is 52.6 Å². The fraction of sp³-hybridized carbons (Fsp3) is 0.379. The summed E-state index contributed by atoms with van der Waals surface area (Å²) >= 11 is 3.78. The van der Waals surface area contributed by atoms with Crippen LogP contribution in [0.15, 0.2) is 81.4 Å². The molecular formula is C29H36BrN5. The quantitative estimate of drug-likeness (QED) is 0.472. The van der Waals surface area contributed by atoms with Crippen molar-refractivity contribution >= 4 is 38.8 Å². The van der Waals surface area contributed by atoms with Crippen LogP contribution in [-0.4, -0.2) is 44.4 Å². The van der Waals surface area contributed by atoms with E-state index in [4.69, 9.17) is 4.99 Å². The molecule has 1 fully saturated rings. The first-order valence-electron chi connectivity index (χ1n) is 12.5. The molecule has 0 radical (unpaired) electrons. The van der Waals surface area contributed by atoms with Gasteiger partial charge in [0.25, 0.3) is 0 Å². The molecule has 0 atom stereocenters. The van der Waals surface area contributed by atoms with E-state index in [1.807, 2.05) is 20.3 Å². The lowest BCUT2D eigenvalue weighted by molar-refractivity contribution is 0.403. The van der Waals surface area contributed by atoms with Crippen molar-refractivity contribution < 1.29 is 0 Å². The van der Waals surface area contributed by atoms with Crippen LogP contribution in [0.2, 0.25) is 0 Å². The molecule has 1 saturated heterocycles. The number of aliphatic imine (C=N–C) groups is 1. The van der Waals surface area contributed by atoms with Gasteiger partial charge in [0.1, 0.15) is 5.69 Å². The molecule has 3 heterocycles. The predicted octanol–water partition coefficient (Wildman–Crippen LogP) is 6.47. The van der Waals surface area contributed by atoms with E-state index in [-0.39, 0.29) is 0 Å². The maximum absolute atomic E-state index is 5.15. The second-order valence-corrected chi connectivity index (χ2v) is 10.2. The third-order valence-corrected chi connectivity index (χ3v) is 7.17. The Morgan fingerprint density at radius 1 is 1.11 bits per heavy atom. The van der Waals surface area contributed by atoms with Crippen LogP contribution in [0.4, 0.5) is 17.2 Å². The number of pyridine rings is 1. The molecule has 2 aliphatic heterocycles.